The van der Waals surface area contributed by atoms with Gasteiger partial charge in [0.25, 0.3) is 15.9 Å². The summed E-state index contributed by atoms with van der Waals surface area (Å²) >= 11 is 0. The van der Waals surface area contributed by atoms with E-state index >= 15 is 0 Å². The zero-order chi connectivity index (χ0) is 21.9. The molecule has 1 aliphatic heterocycles. The van der Waals surface area contributed by atoms with Crippen molar-refractivity contribution < 1.29 is 27.5 Å². The van der Waals surface area contributed by atoms with Crippen molar-refractivity contribution in [2.75, 3.05) is 30.5 Å². The number of methoxy groups -OCH3 is 1. The summed E-state index contributed by atoms with van der Waals surface area (Å²) in [5.41, 5.74) is 0.618. The van der Waals surface area contributed by atoms with E-state index in [2.05, 4.69) is 15.3 Å². The van der Waals surface area contributed by atoms with Crippen LogP contribution < -0.4 is 24.4 Å². The molecule has 0 saturated heterocycles. The third-order valence-corrected chi connectivity index (χ3v) is 5.48. The van der Waals surface area contributed by atoms with Crippen LogP contribution in [-0.2, 0) is 14.8 Å². The average Bonchev–Trinajstić information content (AvgIpc) is 2.68. The number of hydrogen-bond donors (Lipinski definition) is 2. The van der Waals surface area contributed by atoms with Crippen molar-refractivity contribution in [3.63, 3.8) is 0 Å². The maximum Gasteiger partial charge on any atom is 0.335 e. The van der Waals surface area contributed by atoms with Gasteiger partial charge in [-0.2, -0.15) is 4.98 Å². The fraction of sp³-hybridized carbons (Fsp3) is 0.333. The summed E-state index contributed by atoms with van der Waals surface area (Å²) in [6, 6.07) is 4.82. The van der Waals surface area contributed by atoms with Crippen molar-refractivity contribution in [1.82, 2.24) is 14.7 Å². The first-order chi connectivity index (χ1) is 14.2. The summed E-state index contributed by atoms with van der Waals surface area (Å²) in [6.07, 6.45) is 0.611. The Morgan fingerprint density at radius 1 is 1.33 bits per heavy atom. The van der Waals surface area contributed by atoms with Gasteiger partial charge in [-0.05, 0) is 25.5 Å². The van der Waals surface area contributed by atoms with Gasteiger partial charge in [0.2, 0.25) is 11.8 Å². The normalized spacial score (nSPS) is 13.3. The maximum absolute atomic E-state index is 12.9. The van der Waals surface area contributed by atoms with E-state index in [0.717, 1.165) is 0 Å². The number of fused-ring (bicyclic) bond motifs is 1. The van der Waals surface area contributed by atoms with Crippen molar-refractivity contribution in [2.24, 2.45) is 0 Å². The number of nitrogens with one attached hydrogen (secondary N) is 2. The molecule has 0 radical (unpaired) electrons. The predicted molar refractivity (Wildman–Crippen MR) is 107 cm³/mol. The molecule has 1 aromatic carbocycles. The maximum atomic E-state index is 12.9. The van der Waals surface area contributed by atoms with Gasteiger partial charge in [-0.15, -0.1) is 0 Å². The van der Waals surface area contributed by atoms with Crippen LogP contribution in [0.2, 0.25) is 0 Å². The van der Waals surface area contributed by atoms with Crippen LogP contribution in [0.1, 0.15) is 19.0 Å². The predicted octanol–water partition coefficient (Wildman–Crippen LogP) is 1.44. The van der Waals surface area contributed by atoms with Gasteiger partial charge in [0.05, 0.1) is 7.11 Å². The standard InChI is InChI=1S/C18H21N5O6S/c1-4-8-23-15(24)10-29-12-6-5-7-13(16(12)23)30(26,27)22-18(25)21-17-19-11(2)9-14(20-17)28-3/h5-7,9H,4,8,10H2,1-3H3,(H2,19,20,21,22,25). The summed E-state index contributed by atoms with van der Waals surface area (Å²) in [5, 5.41) is 2.27. The van der Waals surface area contributed by atoms with Crippen LogP contribution in [-0.4, -0.2) is 50.6 Å². The Morgan fingerprint density at radius 2 is 2.10 bits per heavy atom. The van der Waals surface area contributed by atoms with Crippen molar-refractivity contribution in [3.8, 4) is 11.6 Å². The largest absolute Gasteiger partial charge is 0.482 e. The number of carbonyl (C=O) groups is 2. The summed E-state index contributed by atoms with van der Waals surface area (Å²) in [6.45, 7) is 3.66. The smallest absolute Gasteiger partial charge is 0.335 e. The Bertz CT molecular complexity index is 1090. The molecule has 2 heterocycles. The Labute approximate surface area is 173 Å². The minimum absolute atomic E-state index is 0.101. The third-order valence-electron chi connectivity index (χ3n) is 4.11. The van der Waals surface area contributed by atoms with E-state index in [1.165, 1.54) is 24.1 Å². The second-order valence-electron chi connectivity index (χ2n) is 6.37. The number of anilines is 2. The first kappa shape index (κ1) is 21.3. The lowest BCUT2D eigenvalue weighted by Gasteiger charge is -2.30. The minimum atomic E-state index is -4.34. The van der Waals surface area contributed by atoms with Gasteiger partial charge in [-0.25, -0.2) is 22.9 Å². The van der Waals surface area contributed by atoms with Gasteiger partial charge >= 0.3 is 6.03 Å². The molecule has 30 heavy (non-hydrogen) atoms. The summed E-state index contributed by atoms with van der Waals surface area (Å²) in [4.78, 5) is 33.6. The lowest BCUT2D eigenvalue weighted by molar-refractivity contribution is -0.121. The third kappa shape index (κ3) is 4.43. The number of urea groups is 1. The van der Waals surface area contributed by atoms with Crippen LogP contribution in [0.5, 0.6) is 11.6 Å². The molecule has 0 spiro atoms. The molecule has 0 atom stereocenters. The first-order valence-corrected chi connectivity index (χ1v) is 10.5. The molecule has 0 unspecified atom stereocenters. The molecule has 3 rings (SSSR count). The van der Waals surface area contributed by atoms with E-state index in [4.69, 9.17) is 9.47 Å². The van der Waals surface area contributed by atoms with Gasteiger partial charge in [0.15, 0.2) is 6.61 Å². The van der Waals surface area contributed by atoms with E-state index < -0.39 is 16.1 Å². The van der Waals surface area contributed by atoms with Gasteiger partial charge in [-0.1, -0.05) is 13.0 Å². The molecule has 12 heteroatoms. The molecule has 2 aromatic rings. The Kier molecular flexibility index (Phi) is 6.06. The molecule has 11 nitrogen and oxygen atoms in total. The number of amides is 3. The minimum Gasteiger partial charge on any atom is -0.482 e. The van der Waals surface area contributed by atoms with Crippen LogP contribution >= 0.6 is 0 Å². The fourth-order valence-corrected chi connectivity index (χ4v) is 4.04. The van der Waals surface area contributed by atoms with Gasteiger partial charge < -0.3 is 14.4 Å². The molecule has 1 aliphatic rings. The average molecular weight is 435 g/mol. The second-order valence-corrected chi connectivity index (χ2v) is 8.02. The highest BCUT2D eigenvalue weighted by atomic mass is 32.2. The number of nitrogens with zero attached hydrogens (tertiary/aromatic N) is 3. The van der Waals surface area contributed by atoms with E-state index in [0.29, 0.717) is 18.7 Å². The Morgan fingerprint density at radius 3 is 2.80 bits per heavy atom. The lowest BCUT2D eigenvalue weighted by atomic mass is 10.2. The van der Waals surface area contributed by atoms with Crippen LogP contribution in [0.4, 0.5) is 16.4 Å². The van der Waals surface area contributed by atoms with Crippen molar-refractivity contribution >= 4 is 33.6 Å². The molecule has 0 aliphatic carbocycles. The quantitative estimate of drug-likeness (QED) is 0.695. The van der Waals surface area contributed by atoms with Gasteiger partial charge in [0, 0.05) is 18.3 Å². The van der Waals surface area contributed by atoms with Crippen LogP contribution in [0.3, 0.4) is 0 Å². The highest BCUT2D eigenvalue weighted by Gasteiger charge is 2.33. The highest BCUT2D eigenvalue weighted by molar-refractivity contribution is 7.90. The lowest BCUT2D eigenvalue weighted by Crippen LogP contribution is -2.41. The topological polar surface area (TPSA) is 140 Å². The number of aromatic nitrogens is 2. The molecule has 2 N–H and O–H groups in total. The van der Waals surface area contributed by atoms with Gasteiger partial charge in [-0.3, -0.25) is 10.1 Å². The molecule has 0 saturated carbocycles. The number of benzene rings is 1. The number of carbonyl (C=O) groups excluding carboxylic acids is 2. The zero-order valence-electron chi connectivity index (χ0n) is 16.6. The summed E-state index contributed by atoms with van der Waals surface area (Å²) < 4.78 is 38.1. The summed E-state index contributed by atoms with van der Waals surface area (Å²) in [5.74, 6) is -0.0285. The Balaban J connectivity index is 1.89. The Hall–Kier alpha value is -3.41. The van der Waals surface area contributed by atoms with Crippen LogP contribution in [0.15, 0.2) is 29.2 Å². The van der Waals surface area contributed by atoms with Crippen LogP contribution in [0, 0.1) is 6.92 Å². The van der Waals surface area contributed by atoms with Crippen LogP contribution in [0.25, 0.3) is 0 Å². The molecule has 0 fully saturated rings. The monoisotopic (exact) mass is 435 g/mol. The van der Waals surface area contributed by atoms with Crippen molar-refractivity contribution in [1.29, 1.82) is 0 Å². The number of aryl methyl sites for hydroxylation is 1. The number of rotatable bonds is 6. The number of ether oxygens (including phenoxy) is 2. The SMILES string of the molecule is CCCN1C(=O)COc2cccc(S(=O)(=O)NC(=O)Nc3nc(C)cc(OC)n3)c21. The summed E-state index contributed by atoms with van der Waals surface area (Å²) in [7, 11) is -2.94. The zero-order valence-corrected chi connectivity index (χ0v) is 17.4. The molecule has 0 bridgehead atoms. The fourth-order valence-electron chi connectivity index (χ4n) is 2.91. The molecular weight excluding hydrogens is 414 g/mol. The first-order valence-electron chi connectivity index (χ1n) is 9.04. The number of hydrogen-bond acceptors (Lipinski definition) is 8. The number of para-hydroxylation sites is 1. The van der Waals surface area contributed by atoms with E-state index in [-0.39, 0.29) is 40.7 Å². The van der Waals surface area contributed by atoms with Crippen molar-refractivity contribution in [2.45, 2.75) is 25.2 Å². The second kappa shape index (κ2) is 8.53. The molecular formula is C18H21N5O6S. The van der Waals surface area contributed by atoms with Gasteiger partial charge in [0.1, 0.15) is 16.3 Å². The molecule has 1 aromatic heterocycles. The van der Waals surface area contributed by atoms with Crippen molar-refractivity contribution in [3.05, 3.63) is 30.0 Å². The van der Waals surface area contributed by atoms with E-state index in [9.17, 15) is 18.0 Å². The van der Waals surface area contributed by atoms with E-state index in [1.54, 1.807) is 19.1 Å². The molecule has 160 valence electrons. The number of sulfonamides is 1. The molecule has 3 amide bonds. The van der Waals surface area contributed by atoms with E-state index in [1.807, 2.05) is 11.6 Å². The highest BCUT2D eigenvalue weighted by Crippen LogP contribution is 2.38.